The van der Waals surface area contributed by atoms with Crippen LogP contribution in [-0.4, -0.2) is 24.0 Å². The molecule has 2 rings (SSSR count). The van der Waals surface area contributed by atoms with Gasteiger partial charge in [0.05, 0.1) is 12.1 Å². The van der Waals surface area contributed by atoms with E-state index in [1.165, 1.54) is 11.1 Å². The van der Waals surface area contributed by atoms with E-state index in [2.05, 4.69) is 30.2 Å². The Labute approximate surface area is 125 Å². The lowest BCUT2D eigenvalue weighted by Crippen LogP contribution is -2.28. The number of nitrogens with one attached hydrogen (secondary N) is 1. The molecule has 1 aromatic carbocycles. The van der Waals surface area contributed by atoms with Crippen LogP contribution in [0, 0.1) is 20.8 Å². The summed E-state index contributed by atoms with van der Waals surface area (Å²) >= 11 is 0. The van der Waals surface area contributed by atoms with E-state index >= 15 is 0 Å². The Morgan fingerprint density at radius 2 is 1.95 bits per heavy atom. The Bertz CT molecular complexity index is 624. The van der Waals surface area contributed by atoms with E-state index in [0.29, 0.717) is 18.7 Å². The molecular formula is C17H20N2O2. The van der Waals surface area contributed by atoms with Crippen LogP contribution in [0.4, 0.5) is 0 Å². The number of rotatable bonds is 5. The van der Waals surface area contributed by atoms with Gasteiger partial charge in [-0.1, -0.05) is 6.07 Å². The minimum Gasteiger partial charge on any atom is -0.491 e. The molecule has 0 aliphatic carbocycles. The second-order valence-corrected chi connectivity index (χ2v) is 5.05. The zero-order chi connectivity index (χ0) is 15.2. The quantitative estimate of drug-likeness (QED) is 0.859. The summed E-state index contributed by atoms with van der Waals surface area (Å²) in [5.41, 5.74) is 4.12. The van der Waals surface area contributed by atoms with Gasteiger partial charge in [0.25, 0.3) is 5.91 Å². The highest BCUT2D eigenvalue weighted by molar-refractivity contribution is 5.93. The van der Waals surface area contributed by atoms with Gasteiger partial charge in [0.15, 0.2) is 0 Å². The van der Waals surface area contributed by atoms with Crippen molar-refractivity contribution >= 4 is 5.91 Å². The first-order valence-corrected chi connectivity index (χ1v) is 6.97. The molecule has 0 bridgehead atoms. The van der Waals surface area contributed by atoms with Gasteiger partial charge in [0.1, 0.15) is 12.4 Å². The summed E-state index contributed by atoms with van der Waals surface area (Å²) in [5, 5.41) is 2.81. The summed E-state index contributed by atoms with van der Waals surface area (Å²) < 4.78 is 5.73. The highest BCUT2D eigenvalue weighted by atomic mass is 16.5. The van der Waals surface area contributed by atoms with E-state index in [1.54, 1.807) is 24.5 Å². The maximum Gasteiger partial charge on any atom is 0.252 e. The summed E-state index contributed by atoms with van der Waals surface area (Å²) in [6.07, 6.45) is 3.19. The highest BCUT2D eigenvalue weighted by Crippen LogP contribution is 2.22. The fourth-order valence-corrected chi connectivity index (χ4v) is 2.01. The molecule has 0 radical (unpaired) electrons. The highest BCUT2D eigenvalue weighted by Gasteiger charge is 2.05. The predicted octanol–water partition coefficient (Wildman–Crippen LogP) is 2.82. The van der Waals surface area contributed by atoms with Crippen LogP contribution in [0.25, 0.3) is 0 Å². The minimum atomic E-state index is -0.136. The molecule has 0 saturated heterocycles. The molecule has 4 heteroatoms. The summed E-state index contributed by atoms with van der Waals surface area (Å²) in [6, 6.07) is 7.62. The first kappa shape index (κ1) is 15.0. The fraction of sp³-hybridized carbons (Fsp3) is 0.294. The first-order chi connectivity index (χ1) is 10.1. The average molecular weight is 284 g/mol. The average Bonchev–Trinajstić information content (AvgIpc) is 2.49. The smallest absolute Gasteiger partial charge is 0.252 e. The maximum atomic E-state index is 11.8. The number of carbonyl (C=O) groups is 1. The maximum absolute atomic E-state index is 11.8. The van der Waals surface area contributed by atoms with Crippen molar-refractivity contribution in [2.45, 2.75) is 20.8 Å². The third-order valence-corrected chi connectivity index (χ3v) is 3.36. The molecule has 1 heterocycles. The Kier molecular flexibility index (Phi) is 4.93. The topological polar surface area (TPSA) is 51.2 Å². The van der Waals surface area contributed by atoms with Gasteiger partial charge in [-0.15, -0.1) is 0 Å². The van der Waals surface area contributed by atoms with E-state index in [4.69, 9.17) is 4.74 Å². The lowest BCUT2D eigenvalue weighted by molar-refractivity contribution is 0.0946. The van der Waals surface area contributed by atoms with Gasteiger partial charge in [-0.2, -0.15) is 0 Å². The molecule has 0 fully saturated rings. The van der Waals surface area contributed by atoms with Crippen molar-refractivity contribution in [3.05, 3.63) is 58.9 Å². The standard InChI is InChI=1S/C17H20N2O2/c1-12-9-14(3)16(10-13(12)2)21-8-7-19-17(20)15-5-4-6-18-11-15/h4-6,9-11H,7-8H2,1-3H3,(H,19,20). The minimum absolute atomic E-state index is 0.136. The van der Waals surface area contributed by atoms with Crippen LogP contribution in [0.1, 0.15) is 27.0 Å². The molecule has 0 unspecified atom stereocenters. The van der Waals surface area contributed by atoms with Crippen molar-refractivity contribution in [2.24, 2.45) is 0 Å². The summed E-state index contributed by atoms with van der Waals surface area (Å²) in [7, 11) is 0. The van der Waals surface area contributed by atoms with E-state index in [9.17, 15) is 4.79 Å². The number of carbonyl (C=O) groups excluding carboxylic acids is 1. The van der Waals surface area contributed by atoms with Gasteiger partial charge < -0.3 is 10.1 Å². The number of aromatic nitrogens is 1. The molecule has 4 nitrogen and oxygen atoms in total. The molecule has 1 aromatic heterocycles. The molecule has 110 valence electrons. The molecule has 0 saturated carbocycles. The normalized spacial score (nSPS) is 10.2. The Morgan fingerprint density at radius 1 is 1.19 bits per heavy atom. The number of nitrogens with zero attached hydrogens (tertiary/aromatic N) is 1. The SMILES string of the molecule is Cc1cc(C)c(OCCNC(=O)c2cccnc2)cc1C. The monoisotopic (exact) mass is 284 g/mol. The number of amides is 1. The van der Waals surface area contributed by atoms with Crippen molar-refractivity contribution in [1.29, 1.82) is 0 Å². The molecule has 1 N–H and O–H groups in total. The molecule has 0 aliphatic rings. The van der Waals surface area contributed by atoms with Crippen molar-refractivity contribution in [3.8, 4) is 5.75 Å². The van der Waals surface area contributed by atoms with Crippen LogP contribution < -0.4 is 10.1 Å². The molecule has 0 atom stereocenters. The third kappa shape index (κ3) is 4.05. The first-order valence-electron chi connectivity index (χ1n) is 6.97. The zero-order valence-corrected chi connectivity index (χ0v) is 12.6. The van der Waals surface area contributed by atoms with Gasteiger partial charge in [-0.3, -0.25) is 9.78 Å². The second kappa shape index (κ2) is 6.88. The molecule has 2 aromatic rings. The number of hydrogen-bond donors (Lipinski definition) is 1. The summed E-state index contributed by atoms with van der Waals surface area (Å²) in [6.45, 7) is 7.07. The van der Waals surface area contributed by atoms with E-state index in [-0.39, 0.29) is 5.91 Å². The van der Waals surface area contributed by atoms with Crippen LogP contribution in [-0.2, 0) is 0 Å². The van der Waals surface area contributed by atoms with Crippen LogP contribution in [0.3, 0.4) is 0 Å². The molecular weight excluding hydrogens is 264 g/mol. The van der Waals surface area contributed by atoms with Crippen LogP contribution in [0.15, 0.2) is 36.7 Å². The van der Waals surface area contributed by atoms with E-state index in [1.807, 2.05) is 13.0 Å². The van der Waals surface area contributed by atoms with Crippen molar-refractivity contribution in [1.82, 2.24) is 10.3 Å². The fourth-order valence-electron chi connectivity index (χ4n) is 2.01. The van der Waals surface area contributed by atoms with Crippen molar-refractivity contribution < 1.29 is 9.53 Å². The number of ether oxygens (including phenoxy) is 1. The third-order valence-electron chi connectivity index (χ3n) is 3.36. The van der Waals surface area contributed by atoms with Gasteiger partial charge in [0.2, 0.25) is 0 Å². The van der Waals surface area contributed by atoms with Gasteiger partial charge >= 0.3 is 0 Å². The molecule has 0 spiro atoms. The molecule has 21 heavy (non-hydrogen) atoms. The summed E-state index contributed by atoms with van der Waals surface area (Å²) in [4.78, 5) is 15.7. The lowest BCUT2D eigenvalue weighted by atomic mass is 10.1. The number of pyridine rings is 1. The molecule has 1 amide bonds. The summed E-state index contributed by atoms with van der Waals surface area (Å²) in [5.74, 6) is 0.734. The molecule has 0 aliphatic heterocycles. The number of hydrogen-bond acceptors (Lipinski definition) is 3. The zero-order valence-electron chi connectivity index (χ0n) is 12.6. The largest absolute Gasteiger partial charge is 0.491 e. The van der Waals surface area contributed by atoms with Gasteiger partial charge in [-0.25, -0.2) is 0 Å². The Balaban J connectivity index is 1.83. The van der Waals surface area contributed by atoms with Crippen LogP contribution >= 0.6 is 0 Å². The lowest BCUT2D eigenvalue weighted by Gasteiger charge is -2.12. The van der Waals surface area contributed by atoms with E-state index < -0.39 is 0 Å². The van der Waals surface area contributed by atoms with Crippen molar-refractivity contribution in [2.75, 3.05) is 13.2 Å². The second-order valence-electron chi connectivity index (χ2n) is 5.05. The van der Waals surface area contributed by atoms with Crippen LogP contribution in [0.5, 0.6) is 5.75 Å². The predicted molar refractivity (Wildman–Crippen MR) is 82.7 cm³/mol. The number of benzene rings is 1. The Morgan fingerprint density at radius 3 is 2.67 bits per heavy atom. The Hall–Kier alpha value is -2.36. The van der Waals surface area contributed by atoms with E-state index in [0.717, 1.165) is 11.3 Å². The van der Waals surface area contributed by atoms with Crippen LogP contribution in [0.2, 0.25) is 0 Å². The van der Waals surface area contributed by atoms with Gasteiger partial charge in [-0.05, 0) is 55.7 Å². The van der Waals surface area contributed by atoms with Gasteiger partial charge in [0, 0.05) is 12.4 Å². The van der Waals surface area contributed by atoms with Crippen molar-refractivity contribution in [3.63, 3.8) is 0 Å². The number of aryl methyl sites for hydroxylation is 3.